The molecule has 0 heterocycles. The molecule has 0 unspecified atom stereocenters. The molecule has 0 radical (unpaired) electrons. The molecule has 0 aromatic heterocycles. The number of halogens is 2. The molecule has 0 aliphatic heterocycles. The summed E-state index contributed by atoms with van der Waals surface area (Å²) in [5, 5.41) is 0. The quantitative estimate of drug-likeness (QED) is 0.658. The number of hydrogen-bond acceptors (Lipinski definition) is 6. The molecule has 2 rings (SSSR count). The van der Waals surface area contributed by atoms with E-state index in [0.717, 1.165) is 38.5 Å². The van der Waals surface area contributed by atoms with Gasteiger partial charge in [-0.15, -0.1) is 0 Å². The van der Waals surface area contributed by atoms with Gasteiger partial charge in [0, 0.05) is 11.1 Å². The lowest BCUT2D eigenvalue weighted by molar-refractivity contribution is 0.0590. The van der Waals surface area contributed by atoms with Crippen LogP contribution in [0.4, 0.5) is 20.2 Å². The fraction of sp³-hybridized carbons (Fsp3) is 0.125. The predicted molar refractivity (Wildman–Crippen MR) is 83.3 cm³/mol. The summed E-state index contributed by atoms with van der Waals surface area (Å²) >= 11 is 0. The van der Waals surface area contributed by atoms with Gasteiger partial charge >= 0.3 is 11.9 Å². The molecule has 0 saturated carbocycles. The lowest BCUT2D eigenvalue weighted by Gasteiger charge is -2.17. The average molecular weight is 336 g/mol. The largest absolute Gasteiger partial charge is 0.465 e. The minimum Gasteiger partial charge on any atom is -0.465 e. The standard InChI is InChI=1S/C16H14F2N2O4/c1-23-15(21)7-3-5-9(17)13(19)11(7)12-8(16(22)24-2)4-6-10(18)14(12)20/h3-6H,19-20H2,1-2H3. The first kappa shape index (κ1) is 17.2. The van der Waals surface area contributed by atoms with E-state index >= 15 is 0 Å². The van der Waals surface area contributed by atoms with Gasteiger partial charge in [-0.2, -0.15) is 0 Å². The second-order valence-electron chi connectivity index (χ2n) is 4.75. The number of nitrogen functional groups attached to an aromatic ring is 2. The zero-order valence-corrected chi connectivity index (χ0v) is 12.9. The minimum absolute atomic E-state index is 0.168. The molecule has 8 heteroatoms. The molecule has 0 bridgehead atoms. The van der Waals surface area contributed by atoms with Gasteiger partial charge in [0.25, 0.3) is 0 Å². The van der Waals surface area contributed by atoms with Crippen LogP contribution < -0.4 is 11.5 Å². The third-order valence-electron chi connectivity index (χ3n) is 3.45. The highest BCUT2D eigenvalue weighted by atomic mass is 19.1. The molecule has 6 nitrogen and oxygen atoms in total. The third kappa shape index (κ3) is 2.73. The third-order valence-corrected chi connectivity index (χ3v) is 3.45. The molecule has 0 amide bonds. The second-order valence-corrected chi connectivity index (χ2v) is 4.75. The van der Waals surface area contributed by atoms with Crippen molar-refractivity contribution in [3.05, 3.63) is 47.0 Å². The van der Waals surface area contributed by atoms with E-state index in [2.05, 4.69) is 9.47 Å². The average Bonchev–Trinajstić information content (AvgIpc) is 2.58. The van der Waals surface area contributed by atoms with Gasteiger partial charge in [0.2, 0.25) is 0 Å². The Hall–Kier alpha value is -3.16. The smallest absolute Gasteiger partial charge is 0.338 e. The van der Waals surface area contributed by atoms with Gasteiger partial charge in [0.1, 0.15) is 11.6 Å². The zero-order chi connectivity index (χ0) is 18.0. The van der Waals surface area contributed by atoms with Gasteiger partial charge in [0.15, 0.2) is 0 Å². The monoisotopic (exact) mass is 336 g/mol. The number of nitrogens with two attached hydrogens (primary N) is 2. The van der Waals surface area contributed by atoms with Crippen LogP contribution in [0.1, 0.15) is 20.7 Å². The lowest BCUT2D eigenvalue weighted by Crippen LogP contribution is -2.12. The Morgan fingerprint density at radius 3 is 1.42 bits per heavy atom. The Labute approximate surface area is 136 Å². The summed E-state index contributed by atoms with van der Waals surface area (Å²) in [7, 11) is 2.23. The molecule has 2 aromatic carbocycles. The van der Waals surface area contributed by atoms with Crippen molar-refractivity contribution in [2.45, 2.75) is 0 Å². The van der Waals surface area contributed by atoms with Crippen LogP contribution in [0.3, 0.4) is 0 Å². The number of ether oxygens (including phenoxy) is 2. The molecule has 0 aliphatic carbocycles. The maximum Gasteiger partial charge on any atom is 0.338 e. The second kappa shape index (κ2) is 6.53. The van der Waals surface area contributed by atoms with Crippen LogP contribution in [-0.4, -0.2) is 26.2 Å². The van der Waals surface area contributed by atoms with Crippen LogP contribution in [-0.2, 0) is 9.47 Å². The Bertz CT molecular complexity index is 768. The molecule has 0 aliphatic rings. The first-order chi connectivity index (χ1) is 11.3. The SMILES string of the molecule is COC(=O)c1ccc(F)c(N)c1-c1c(C(=O)OC)ccc(F)c1N. The van der Waals surface area contributed by atoms with Crippen LogP contribution in [0.15, 0.2) is 24.3 Å². The first-order valence-corrected chi connectivity index (χ1v) is 6.66. The van der Waals surface area contributed by atoms with Gasteiger partial charge in [-0.3, -0.25) is 0 Å². The number of anilines is 2. The number of hydrogen-bond donors (Lipinski definition) is 2. The number of carbonyl (C=O) groups excluding carboxylic acids is 2. The normalized spacial score (nSPS) is 10.3. The van der Waals surface area contributed by atoms with Crippen molar-refractivity contribution in [3.63, 3.8) is 0 Å². The maximum atomic E-state index is 13.9. The van der Waals surface area contributed by atoms with Crippen LogP contribution in [0.25, 0.3) is 11.1 Å². The molecule has 24 heavy (non-hydrogen) atoms. The van der Waals surface area contributed by atoms with Crippen molar-refractivity contribution < 1.29 is 27.8 Å². The van der Waals surface area contributed by atoms with Crippen LogP contribution in [0, 0.1) is 11.6 Å². The van der Waals surface area contributed by atoms with Crippen LogP contribution >= 0.6 is 0 Å². The van der Waals surface area contributed by atoms with Gasteiger partial charge in [-0.05, 0) is 24.3 Å². The summed E-state index contributed by atoms with van der Waals surface area (Å²) in [6.45, 7) is 0. The molecule has 0 spiro atoms. The molecule has 0 fully saturated rings. The van der Waals surface area contributed by atoms with E-state index < -0.39 is 34.9 Å². The summed E-state index contributed by atoms with van der Waals surface area (Å²) < 4.78 is 37.1. The van der Waals surface area contributed by atoms with Crippen molar-refractivity contribution in [1.82, 2.24) is 0 Å². The van der Waals surface area contributed by atoms with E-state index in [1.165, 1.54) is 0 Å². The summed E-state index contributed by atoms with van der Waals surface area (Å²) in [5.41, 5.74) is 9.70. The highest BCUT2D eigenvalue weighted by Crippen LogP contribution is 2.39. The van der Waals surface area contributed by atoms with E-state index in [-0.39, 0.29) is 22.3 Å². The highest BCUT2D eigenvalue weighted by molar-refractivity contribution is 6.08. The van der Waals surface area contributed by atoms with Crippen molar-refractivity contribution in [1.29, 1.82) is 0 Å². The van der Waals surface area contributed by atoms with E-state index in [0.29, 0.717) is 0 Å². The van der Waals surface area contributed by atoms with E-state index in [1.54, 1.807) is 0 Å². The highest BCUT2D eigenvalue weighted by Gasteiger charge is 2.26. The Morgan fingerprint density at radius 2 is 1.12 bits per heavy atom. The van der Waals surface area contributed by atoms with E-state index in [1.807, 2.05) is 0 Å². The summed E-state index contributed by atoms with van der Waals surface area (Å²) in [6, 6.07) is 4.13. The number of esters is 2. The number of methoxy groups -OCH3 is 2. The first-order valence-electron chi connectivity index (χ1n) is 6.66. The van der Waals surface area contributed by atoms with E-state index in [9.17, 15) is 18.4 Å². The fourth-order valence-electron chi connectivity index (χ4n) is 2.29. The predicted octanol–water partition coefficient (Wildman–Crippen LogP) is 2.37. The molecule has 126 valence electrons. The number of rotatable bonds is 3. The molecule has 0 atom stereocenters. The zero-order valence-electron chi connectivity index (χ0n) is 12.9. The van der Waals surface area contributed by atoms with Gasteiger partial charge in [0.05, 0.1) is 36.7 Å². The Morgan fingerprint density at radius 1 is 0.792 bits per heavy atom. The van der Waals surface area contributed by atoms with Crippen LogP contribution in [0.2, 0.25) is 0 Å². The van der Waals surface area contributed by atoms with Crippen molar-refractivity contribution >= 4 is 23.3 Å². The number of carbonyl (C=O) groups is 2. The summed E-state index contributed by atoms with van der Waals surface area (Å²) in [5.74, 6) is -3.43. The van der Waals surface area contributed by atoms with Crippen LogP contribution in [0.5, 0.6) is 0 Å². The van der Waals surface area contributed by atoms with Gasteiger partial charge < -0.3 is 20.9 Å². The van der Waals surface area contributed by atoms with Crippen molar-refractivity contribution in [2.75, 3.05) is 25.7 Å². The molecule has 2 aromatic rings. The number of benzene rings is 2. The molecular formula is C16H14F2N2O4. The molecule has 4 N–H and O–H groups in total. The Kier molecular flexibility index (Phi) is 4.68. The van der Waals surface area contributed by atoms with E-state index in [4.69, 9.17) is 11.5 Å². The minimum atomic E-state index is -0.864. The van der Waals surface area contributed by atoms with Crippen molar-refractivity contribution in [3.8, 4) is 11.1 Å². The summed E-state index contributed by atoms with van der Waals surface area (Å²) in [6.07, 6.45) is 0. The lowest BCUT2D eigenvalue weighted by atomic mass is 9.92. The molecule has 0 saturated heterocycles. The van der Waals surface area contributed by atoms with Gasteiger partial charge in [-0.1, -0.05) is 0 Å². The topological polar surface area (TPSA) is 105 Å². The summed E-state index contributed by atoms with van der Waals surface area (Å²) in [4.78, 5) is 23.9. The fourth-order valence-corrected chi connectivity index (χ4v) is 2.29. The van der Waals surface area contributed by atoms with Crippen molar-refractivity contribution in [2.24, 2.45) is 0 Å². The molecular weight excluding hydrogens is 322 g/mol. The van der Waals surface area contributed by atoms with Gasteiger partial charge in [-0.25, -0.2) is 18.4 Å². The maximum absolute atomic E-state index is 13.9. The Balaban J connectivity index is 2.95.